The van der Waals surface area contributed by atoms with E-state index in [1.165, 1.54) is 51.4 Å². The summed E-state index contributed by atoms with van der Waals surface area (Å²) in [5.74, 6) is 0.122. The lowest BCUT2D eigenvalue weighted by Crippen LogP contribution is -2.39. The van der Waals surface area contributed by atoms with Crippen LogP contribution in [0.2, 0.25) is 0 Å². The predicted octanol–water partition coefficient (Wildman–Crippen LogP) is 3.28. The molecule has 1 aliphatic heterocycles. The number of nitrogens with zero attached hydrogens (tertiary/aromatic N) is 2. The highest BCUT2D eigenvalue weighted by atomic mass is 16.2. The second-order valence-electron chi connectivity index (χ2n) is 5.33. The van der Waals surface area contributed by atoms with Gasteiger partial charge in [0.15, 0.2) is 0 Å². The van der Waals surface area contributed by atoms with Crippen molar-refractivity contribution in [1.82, 2.24) is 10.4 Å². The molecule has 0 aromatic rings. The van der Waals surface area contributed by atoms with Gasteiger partial charge in [0.05, 0.1) is 13.1 Å². The Morgan fingerprint density at radius 2 is 1.74 bits per heavy atom. The van der Waals surface area contributed by atoms with Gasteiger partial charge in [-0.15, -0.1) is 0 Å². The van der Waals surface area contributed by atoms with Crippen LogP contribution in [0.4, 0.5) is 0 Å². The van der Waals surface area contributed by atoms with Crippen LogP contribution in [0.3, 0.4) is 0 Å². The van der Waals surface area contributed by atoms with Crippen LogP contribution in [-0.2, 0) is 4.79 Å². The van der Waals surface area contributed by atoms with Gasteiger partial charge in [-0.2, -0.15) is 0 Å². The Morgan fingerprint density at radius 1 is 1.11 bits per heavy atom. The smallest absolute Gasteiger partial charge is 0.238 e. The van der Waals surface area contributed by atoms with Crippen LogP contribution in [0.25, 0.3) is 0 Å². The van der Waals surface area contributed by atoms with Gasteiger partial charge in [-0.25, -0.2) is 0 Å². The van der Waals surface area contributed by atoms with Crippen LogP contribution in [0.15, 0.2) is 4.99 Å². The van der Waals surface area contributed by atoms with Gasteiger partial charge in [-0.3, -0.25) is 20.2 Å². The number of unbranched alkanes of at least 4 members (excludes halogenated alkanes) is 8. The largest absolute Gasteiger partial charge is 0.273 e. The fourth-order valence-corrected chi connectivity index (χ4v) is 2.28. The standard InChI is InChI=1S/C15H29N3O/c1-2-3-4-5-6-7-8-9-10-11-15(19)17-18-13-12-16-14-18/h14H,2-13H2,1H3,(H,17,19). The zero-order valence-electron chi connectivity index (χ0n) is 12.4. The number of rotatable bonds is 11. The number of hydrazine groups is 1. The van der Waals surface area contributed by atoms with Crippen LogP contribution in [0, 0.1) is 0 Å². The SMILES string of the molecule is CCCCCCCCCCCC(=O)NN1C=NCC1. The molecule has 4 heteroatoms. The van der Waals surface area contributed by atoms with Gasteiger partial charge < -0.3 is 0 Å². The molecule has 110 valence electrons. The predicted molar refractivity (Wildman–Crippen MR) is 80.1 cm³/mol. The second-order valence-corrected chi connectivity index (χ2v) is 5.33. The molecule has 1 N–H and O–H groups in total. The number of hydrogen-bond acceptors (Lipinski definition) is 3. The molecule has 0 spiro atoms. The topological polar surface area (TPSA) is 44.7 Å². The molecule has 1 amide bonds. The van der Waals surface area contributed by atoms with Gasteiger partial charge in [0.25, 0.3) is 0 Å². The van der Waals surface area contributed by atoms with Gasteiger partial charge >= 0.3 is 0 Å². The van der Waals surface area contributed by atoms with Crippen molar-refractivity contribution in [3.63, 3.8) is 0 Å². The van der Waals surface area contributed by atoms with Gasteiger partial charge in [-0.05, 0) is 6.42 Å². The Labute approximate surface area is 117 Å². The van der Waals surface area contributed by atoms with Crippen molar-refractivity contribution in [3.05, 3.63) is 0 Å². The summed E-state index contributed by atoms with van der Waals surface area (Å²) in [7, 11) is 0. The van der Waals surface area contributed by atoms with Crippen LogP contribution in [0.1, 0.15) is 71.1 Å². The maximum absolute atomic E-state index is 11.6. The lowest BCUT2D eigenvalue weighted by atomic mass is 10.1. The van der Waals surface area contributed by atoms with E-state index in [4.69, 9.17) is 0 Å². The van der Waals surface area contributed by atoms with Crippen molar-refractivity contribution in [3.8, 4) is 0 Å². The summed E-state index contributed by atoms with van der Waals surface area (Å²) < 4.78 is 0. The lowest BCUT2D eigenvalue weighted by Gasteiger charge is -2.14. The van der Waals surface area contributed by atoms with E-state index in [1.54, 1.807) is 11.3 Å². The molecular formula is C15H29N3O. The van der Waals surface area contributed by atoms with Crippen molar-refractivity contribution >= 4 is 12.2 Å². The first-order chi connectivity index (χ1) is 9.33. The third kappa shape index (κ3) is 8.62. The lowest BCUT2D eigenvalue weighted by molar-refractivity contribution is -0.124. The third-order valence-corrected chi connectivity index (χ3v) is 3.47. The molecule has 19 heavy (non-hydrogen) atoms. The second kappa shape index (κ2) is 10.8. The Morgan fingerprint density at radius 3 is 2.32 bits per heavy atom. The fraction of sp³-hybridized carbons (Fsp3) is 0.867. The number of carbonyl (C=O) groups excluding carboxylic acids is 1. The Hall–Kier alpha value is -1.06. The quantitative estimate of drug-likeness (QED) is 0.584. The van der Waals surface area contributed by atoms with E-state index in [9.17, 15) is 4.79 Å². The van der Waals surface area contributed by atoms with Crippen molar-refractivity contribution < 1.29 is 4.79 Å². The molecule has 1 aliphatic rings. The zero-order chi connectivity index (χ0) is 13.8. The number of aliphatic imine (C=N–C) groups is 1. The minimum absolute atomic E-state index is 0.122. The summed E-state index contributed by atoms with van der Waals surface area (Å²) in [5.41, 5.74) is 2.85. The summed E-state index contributed by atoms with van der Waals surface area (Å²) in [6.45, 7) is 3.85. The summed E-state index contributed by atoms with van der Waals surface area (Å²) in [6.07, 6.45) is 13.9. The first kappa shape index (κ1) is 16.0. The van der Waals surface area contributed by atoms with Crippen LogP contribution >= 0.6 is 0 Å². The summed E-state index contributed by atoms with van der Waals surface area (Å²) in [6, 6.07) is 0. The monoisotopic (exact) mass is 267 g/mol. The van der Waals surface area contributed by atoms with Gasteiger partial charge in [0, 0.05) is 6.42 Å². The van der Waals surface area contributed by atoms with Gasteiger partial charge in [0.1, 0.15) is 6.34 Å². The van der Waals surface area contributed by atoms with E-state index in [0.29, 0.717) is 6.42 Å². The number of amides is 1. The van der Waals surface area contributed by atoms with E-state index in [1.807, 2.05) is 0 Å². The summed E-state index contributed by atoms with van der Waals surface area (Å²) >= 11 is 0. The highest BCUT2D eigenvalue weighted by Gasteiger charge is 2.08. The molecule has 0 saturated heterocycles. The van der Waals surface area contributed by atoms with E-state index in [0.717, 1.165) is 19.5 Å². The van der Waals surface area contributed by atoms with E-state index in [-0.39, 0.29) is 5.91 Å². The molecule has 4 nitrogen and oxygen atoms in total. The van der Waals surface area contributed by atoms with Crippen molar-refractivity contribution in [1.29, 1.82) is 0 Å². The molecule has 0 atom stereocenters. The van der Waals surface area contributed by atoms with Crippen LogP contribution in [-0.4, -0.2) is 30.3 Å². The molecule has 0 saturated carbocycles. The van der Waals surface area contributed by atoms with E-state index < -0.39 is 0 Å². The first-order valence-corrected chi connectivity index (χ1v) is 7.89. The Kier molecular flexibility index (Phi) is 9.11. The number of carbonyl (C=O) groups is 1. The van der Waals surface area contributed by atoms with Gasteiger partial charge in [0.2, 0.25) is 5.91 Å². The first-order valence-electron chi connectivity index (χ1n) is 7.89. The minimum Gasteiger partial charge on any atom is -0.273 e. The van der Waals surface area contributed by atoms with Crippen molar-refractivity contribution in [2.45, 2.75) is 71.1 Å². The molecule has 0 radical (unpaired) electrons. The normalized spacial score (nSPS) is 14.1. The summed E-state index contributed by atoms with van der Waals surface area (Å²) in [5, 5.41) is 1.77. The molecule has 0 aromatic carbocycles. The molecule has 0 aromatic heterocycles. The van der Waals surface area contributed by atoms with Crippen molar-refractivity contribution in [2.75, 3.05) is 13.1 Å². The number of hydrogen-bond donors (Lipinski definition) is 1. The highest BCUT2D eigenvalue weighted by molar-refractivity contribution is 5.77. The molecule has 0 bridgehead atoms. The number of nitrogens with one attached hydrogen (secondary N) is 1. The molecule has 1 heterocycles. The van der Waals surface area contributed by atoms with Gasteiger partial charge in [-0.1, -0.05) is 58.3 Å². The average molecular weight is 267 g/mol. The van der Waals surface area contributed by atoms with E-state index in [2.05, 4.69) is 17.3 Å². The zero-order valence-corrected chi connectivity index (χ0v) is 12.4. The Bertz CT molecular complexity index is 266. The summed E-state index contributed by atoms with van der Waals surface area (Å²) in [4.78, 5) is 15.6. The molecule has 0 aliphatic carbocycles. The van der Waals surface area contributed by atoms with Crippen molar-refractivity contribution in [2.24, 2.45) is 4.99 Å². The molecule has 1 rings (SSSR count). The fourth-order valence-electron chi connectivity index (χ4n) is 2.28. The highest BCUT2D eigenvalue weighted by Crippen LogP contribution is 2.10. The van der Waals surface area contributed by atoms with Crippen LogP contribution in [0.5, 0.6) is 0 Å². The molecular weight excluding hydrogens is 238 g/mol. The maximum atomic E-state index is 11.6. The molecule has 0 unspecified atom stereocenters. The van der Waals surface area contributed by atoms with E-state index >= 15 is 0 Å². The maximum Gasteiger partial charge on any atom is 0.238 e. The van der Waals surface area contributed by atoms with Crippen LogP contribution < -0.4 is 5.43 Å². The third-order valence-electron chi connectivity index (χ3n) is 3.47. The minimum atomic E-state index is 0.122. The Balaban J connectivity index is 1.82. The average Bonchev–Trinajstić information content (AvgIpc) is 2.89. The molecule has 0 fully saturated rings.